The number of hydrogen-bond donors (Lipinski definition) is 0. The molecule has 2 fully saturated rings. The Kier molecular flexibility index (Phi) is 4.70. The molecule has 0 bridgehead atoms. The van der Waals surface area contributed by atoms with Crippen LogP contribution in [0, 0.1) is 5.92 Å². The van der Waals surface area contributed by atoms with Crippen LogP contribution in [0.15, 0.2) is 29.6 Å². The van der Waals surface area contributed by atoms with Crippen molar-refractivity contribution in [3.05, 3.63) is 46.7 Å². The molecule has 0 unspecified atom stereocenters. The van der Waals surface area contributed by atoms with E-state index in [2.05, 4.69) is 26.5 Å². The highest BCUT2D eigenvalue weighted by Crippen LogP contribution is 2.38. The number of likely N-dealkylation sites (tertiary alicyclic amines) is 1. The van der Waals surface area contributed by atoms with Crippen molar-refractivity contribution in [2.24, 2.45) is 13.0 Å². The number of rotatable bonds is 6. The Bertz CT molecular complexity index is 768. The van der Waals surface area contributed by atoms with Gasteiger partial charge in [-0.2, -0.15) is 0 Å². The molecule has 6 nitrogen and oxygen atoms in total. The van der Waals surface area contributed by atoms with Gasteiger partial charge in [-0.3, -0.25) is 9.36 Å². The number of aromatic nitrogens is 4. The standard InChI is InChI=1S/C19H27N5O/c1-22-11-7-20-18(22)6-10-23-8-4-15(5-9-23)13-24-14-21-17(12-19(24)25)16-2-3-16/h7,11-12,14-16H,2-6,8-10,13H2,1H3. The number of aryl methyl sites for hydroxylation is 1. The van der Waals surface area contributed by atoms with Gasteiger partial charge in [-0.05, 0) is 44.7 Å². The molecule has 2 aromatic heterocycles. The van der Waals surface area contributed by atoms with Crippen LogP contribution in [-0.4, -0.2) is 43.6 Å². The Morgan fingerprint density at radius 3 is 2.60 bits per heavy atom. The zero-order valence-corrected chi connectivity index (χ0v) is 15.0. The van der Waals surface area contributed by atoms with Gasteiger partial charge in [-0.25, -0.2) is 9.97 Å². The van der Waals surface area contributed by atoms with Crippen LogP contribution in [0.4, 0.5) is 0 Å². The summed E-state index contributed by atoms with van der Waals surface area (Å²) < 4.78 is 3.90. The third-order valence-corrected chi connectivity index (χ3v) is 5.63. The zero-order valence-electron chi connectivity index (χ0n) is 15.0. The highest BCUT2D eigenvalue weighted by Gasteiger charge is 2.26. The Balaban J connectivity index is 1.26. The molecule has 1 aliphatic carbocycles. The van der Waals surface area contributed by atoms with E-state index in [0.29, 0.717) is 11.8 Å². The molecule has 0 N–H and O–H groups in total. The van der Waals surface area contributed by atoms with E-state index in [9.17, 15) is 4.79 Å². The Morgan fingerprint density at radius 2 is 1.96 bits per heavy atom. The average molecular weight is 341 g/mol. The van der Waals surface area contributed by atoms with E-state index >= 15 is 0 Å². The van der Waals surface area contributed by atoms with E-state index in [1.54, 1.807) is 17.0 Å². The lowest BCUT2D eigenvalue weighted by Crippen LogP contribution is -2.37. The van der Waals surface area contributed by atoms with Crippen LogP contribution in [0.25, 0.3) is 0 Å². The summed E-state index contributed by atoms with van der Waals surface area (Å²) in [7, 11) is 2.05. The van der Waals surface area contributed by atoms with Crippen molar-refractivity contribution < 1.29 is 0 Å². The third-order valence-electron chi connectivity index (χ3n) is 5.63. The largest absolute Gasteiger partial charge is 0.338 e. The van der Waals surface area contributed by atoms with Crippen LogP contribution in [-0.2, 0) is 20.0 Å². The summed E-state index contributed by atoms with van der Waals surface area (Å²) in [5, 5.41) is 0. The summed E-state index contributed by atoms with van der Waals surface area (Å²) in [5.74, 6) is 2.27. The first-order valence-electron chi connectivity index (χ1n) is 9.44. The minimum atomic E-state index is 0.120. The molecule has 1 saturated heterocycles. The van der Waals surface area contributed by atoms with Gasteiger partial charge < -0.3 is 9.47 Å². The maximum atomic E-state index is 12.3. The van der Waals surface area contributed by atoms with Crippen molar-refractivity contribution in [1.82, 2.24) is 24.0 Å². The van der Waals surface area contributed by atoms with E-state index in [0.717, 1.165) is 57.0 Å². The minimum absolute atomic E-state index is 0.120. The van der Waals surface area contributed by atoms with Gasteiger partial charge in [-0.1, -0.05) is 0 Å². The van der Waals surface area contributed by atoms with Crippen LogP contribution >= 0.6 is 0 Å². The van der Waals surface area contributed by atoms with Gasteiger partial charge in [0.15, 0.2) is 0 Å². The van der Waals surface area contributed by atoms with Crippen molar-refractivity contribution in [2.75, 3.05) is 19.6 Å². The van der Waals surface area contributed by atoms with Crippen molar-refractivity contribution >= 4 is 0 Å². The van der Waals surface area contributed by atoms with Crippen molar-refractivity contribution in [1.29, 1.82) is 0 Å². The fourth-order valence-electron chi connectivity index (χ4n) is 3.75. The summed E-state index contributed by atoms with van der Waals surface area (Å²) >= 11 is 0. The molecule has 4 rings (SSSR count). The van der Waals surface area contributed by atoms with Crippen molar-refractivity contribution in [2.45, 2.75) is 44.6 Å². The molecule has 0 spiro atoms. The number of nitrogens with zero attached hydrogens (tertiary/aromatic N) is 5. The smallest absolute Gasteiger partial charge is 0.253 e. The maximum absolute atomic E-state index is 12.3. The SMILES string of the molecule is Cn1ccnc1CCN1CCC(Cn2cnc(C3CC3)cc2=O)CC1. The lowest BCUT2D eigenvalue weighted by molar-refractivity contribution is 0.173. The maximum Gasteiger partial charge on any atom is 0.253 e. The predicted octanol–water partition coefficient (Wildman–Crippen LogP) is 1.81. The normalized spacial score (nSPS) is 19.4. The molecule has 6 heteroatoms. The highest BCUT2D eigenvalue weighted by atomic mass is 16.1. The fourth-order valence-corrected chi connectivity index (χ4v) is 3.75. The number of piperidine rings is 1. The molecule has 1 saturated carbocycles. The zero-order chi connectivity index (χ0) is 17.2. The first-order valence-corrected chi connectivity index (χ1v) is 9.44. The molecule has 25 heavy (non-hydrogen) atoms. The second kappa shape index (κ2) is 7.12. The van der Waals surface area contributed by atoms with E-state index in [4.69, 9.17) is 0 Å². The molecule has 2 aliphatic rings. The first kappa shape index (κ1) is 16.5. The van der Waals surface area contributed by atoms with Crippen molar-refractivity contribution in [3.63, 3.8) is 0 Å². The molecule has 134 valence electrons. The lowest BCUT2D eigenvalue weighted by atomic mass is 9.96. The molecular formula is C19H27N5O. The second-order valence-corrected chi connectivity index (χ2v) is 7.57. The van der Waals surface area contributed by atoms with Crippen LogP contribution in [0.1, 0.15) is 43.1 Å². The Morgan fingerprint density at radius 1 is 1.16 bits per heavy atom. The second-order valence-electron chi connectivity index (χ2n) is 7.57. The van der Waals surface area contributed by atoms with Gasteiger partial charge in [0.25, 0.3) is 5.56 Å². The summed E-state index contributed by atoms with van der Waals surface area (Å²) in [5.41, 5.74) is 1.11. The van der Waals surface area contributed by atoms with Gasteiger partial charge in [-0.15, -0.1) is 0 Å². The monoisotopic (exact) mass is 341 g/mol. The van der Waals surface area contributed by atoms with E-state index in [1.165, 1.54) is 12.8 Å². The highest BCUT2D eigenvalue weighted by molar-refractivity contribution is 5.12. The van der Waals surface area contributed by atoms with E-state index in [-0.39, 0.29) is 5.56 Å². The molecule has 0 atom stereocenters. The topological polar surface area (TPSA) is 56.0 Å². The van der Waals surface area contributed by atoms with Crippen LogP contribution in [0.5, 0.6) is 0 Å². The summed E-state index contributed by atoms with van der Waals surface area (Å²) in [6.45, 7) is 4.09. The van der Waals surface area contributed by atoms with Gasteiger partial charge in [0.2, 0.25) is 0 Å². The summed E-state index contributed by atoms with van der Waals surface area (Å²) in [6.07, 6.45) is 11.3. The molecule has 2 aromatic rings. The molecular weight excluding hydrogens is 314 g/mol. The lowest BCUT2D eigenvalue weighted by Gasteiger charge is -2.32. The van der Waals surface area contributed by atoms with E-state index < -0.39 is 0 Å². The van der Waals surface area contributed by atoms with Crippen LogP contribution in [0.3, 0.4) is 0 Å². The fraction of sp³-hybridized carbons (Fsp3) is 0.632. The molecule has 0 amide bonds. The van der Waals surface area contributed by atoms with Gasteiger partial charge in [0, 0.05) is 50.9 Å². The van der Waals surface area contributed by atoms with Gasteiger partial charge >= 0.3 is 0 Å². The molecule has 0 radical (unpaired) electrons. The van der Waals surface area contributed by atoms with Crippen molar-refractivity contribution in [3.8, 4) is 0 Å². The average Bonchev–Trinajstić information content (AvgIpc) is 3.39. The third kappa shape index (κ3) is 4.00. The predicted molar refractivity (Wildman–Crippen MR) is 96.5 cm³/mol. The number of imidazole rings is 1. The molecule has 0 aromatic carbocycles. The van der Waals surface area contributed by atoms with Crippen LogP contribution in [0.2, 0.25) is 0 Å². The number of hydrogen-bond acceptors (Lipinski definition) is 4. The quantitative estimate of drug-likeness (QED) is 0.804. The molecule has 1 aliphatic heterocycles. The summed E-state index contributed by atoms with van der Waals surface area (Å²) in [6, 6.07) is 1.75. The van der Waals surface area contributed by atoms with Gasteiger partial charge in [0.05, 0.1) is 12.0 Å². The van der Waals surface area contributed by atoms with E-state index in [1.807, 2.05) is 12.4 Å². The van der Waals surface area contributed by atoms with Crippen LogP contribution < -0.4 is 5.56 Å². The molecule has 3 heterocycles. The first-order chi connectivity index (χ1) is 12.2. The summed E-state index contributed by atoms with van der Waals surface area (Å²) in [4.78, 5) is 23.7. The Hall–Kier alpha value is -1.95. The Labute approximate surface area is 148 Å². The van der Waals surface area contributed by atoms with Gasteiger partial charge in [0.1, 0.15) is 5.82 Å². The minimum Gasteiger partial charge on any atom is -0.338 e.